The van der Waals surface area contributed by atoms with Gasteiger partial charge in [0.2, 0.25) is 0 Å². The lowest BCUT2D eigenvalue weighted by molar-refractivity contribution is 0.219. The van der Waals surface area contributed by atoms with Gasteiger partial charge >= 0.3 is 0 Å². The molecule has 0 amide bonds. The molecular formula is C16H26N4. The van der Waals surface area contributed by atoms with Crippen LogP contribution in [0.4, 0.5) is 5.82 Å². The number of piperidine rings is 1. The summed E-state index contributed by atoms with van der Waals surface area (Å²) in [7, 11) is 0. The number of likely N-dealkylation sites (tertiary alicyclic amines) is 1. The number of nitrogens with zero attached hydrogens (tertiary/aromatic N) is 4. The molecule has 0 N–H and O–H groups in total. The van der Waals surface area contributed by atoms with Crippen LogP contribution in [0.5, 0.6) is 0 Å². The molecule has 0 saturated carbocycles. The smallest absolute Gasteiger partial charge is 0.151 e. The van der Waals surface area contributed by atoms with Crippen LogP contribution < -0.4 is 4.90 Å². The van der Waals surface area contributed by atoms with Crippen molar-refractivity contribution in [2.75, 3.05) is 37.6 Å². The fourth-order valence-corrected chi connectivity index (χ4v) is 3.83. The van der Waals surface area contributed by atoms with Gasteiger partial charge in [-0.1, -0.05) is 6.92 Å². The molecule has 0 unspecified atom stereocenters. The Morgan fingerprint density at radius 2 is 2.05 bits per heavy atom. The van der Waals surface area contributed by atoms with E-state index < -0.39 is 0 Å². The molecule has 1 aromatic rings. The lowest BCUT2D eigenvalue weighted by Gasteiger charge is -2.41. The number of hydrogen-bond donors (Lipinski definition) is 0. The topological polar surface area (TPSA) is 32.3 Å². The highest BCUT2D eigenvalue weighted by atomic mass is 15.3. The first-order valence-electron chi connectivity index (χ1n) is 7.98. The van der Waals surface area contributed by atoms with Gasteiger partial charge in [-0.25, -0.2) is 0 Å². The van der Waals surface area contributed by atoms with E-state index in [1.165, 1.54) is 45.3 Å². The molecule has 0 aromatic carbocycles. The maximum Gasteiger partial charge on any atom is 0.151 e. The maximum atomic E-state index is 4.37. The monoisotopic (exact) mass is 274 g/mol. The molecule has 4 nitrogen and oxygen atoms in total. The number of rotatable bonds is 3. The zero-order valence-electron chi connectivity index (χ0n) is 12.8. The molecule has 0 aliphatic carbocycles. The SMILES string of the molecule is CCCN1CC[C@]2(CCCN(c3ccc(C)nn3)C2)C1. The minimum atomic E-state index is 0.500. The fraction of sp³-hybridized carbons (Fsp3) is 0.750. The summed E-state index contributed by atoms with van der Waals surface area (Å²) in [6, 6.07) is 4.20. The highest BCUT2D eigenvalue weighted by molar-refractivity contribution is 5.38. The second kappa shape index (κ2) is 5.68. The minimum Gasteiger partial charge on any atom is -0.355 e. The summed E-state index contributed by atoms with van der Waals surface area (Å²) in [6.45, 7) is 10.4. The molecule has 110 valence electrons. The van der Waals surface area contributed by atoms with Gasteiger partial charge in [-0.3, -0.25) is 0 Å². The zero-order chi connectivity index (χ0) is 14.0. The van der Waals surface area contributed by atoms with Gasteiger partial charge in [0.1, 0.15) is 0 Å². The summed E-state index contributed by atoms with van der Waals surface area (Å²) in [5.74, 6) is 1.06. The first-order valence-corrected chi connectivity index (χ1v) is 7.98. The van der Waals surface area contributed by atoms with E-state index in [0.29, 0.717) is 5.41 Å². The summed E-state index contributed by atoms with van der Waals surface area (Å²) >= 11 is 0. The third-order valence-electron chi connectivity index (χ3n) is 4.83. The van der Waals surface area contributed by atoms with Crippen LogP contribution in [-0.4, -0.2) is 47.8 Å². The molecular weight excluding hydrogens is 248 g/mol. The molecule has 3 rings (SSSR count). The summed E-state index contributed by atoms with van der Waals surface area (Å²) in [5.41, 5.74) is 1.50. The average molecular weight is 274 g/mol. The van der Waals surface area contributed by atoms with E-state index in [0.717, 1.165) is 24.6 Å². The maximum absolute atomic E-state index is 4.37. The Labute approximate surface area is 122 Å². The van der Waals surface area contributed by atoms with Crippen LogP contribution in [0.1, 0.15) is 38.3 Å². The van der Waals surface area contributed by atoms with Gasteiger partial charge in [0, 0.05) is 25.0 Å². The summed E-state index contributed by atoms with van der Waals surface area (Å²) < 4.78 is 0. The second-order valence-corrected chi connectivity index (χ2v) is 6.58. The van der Waals surface area contributed by atoms with Crippen LogP contribution in [0.25, 0.3) is 0 Å². The van der Waals surface area contributed by atoms with Crippen molar-refractivity contribution in [1.82, 2.24) is 15.1 Å². The lowest BCUT2D eigenvalue weighted by atomic mass is 9.79. The number of aryl methyl sites for hydroxylation is 1. The lowest BCUT2D eigenvalue weighted by Crippen LogP contribution is -2.45. The zero-order valence-corrected chi connectivity index (χ0v) is 12.8. The molecule has 1 atom stereocenters. The Bertz CT molecular complexity index is 444. The number of aromatic nitrogens is 2. The van der Waals surface area contributed by atoms with Gasteiger partial charge in [-0.2, -0.15) is 5.10 Å². The second-order valence-electron chi connectivity index (χ2n) is 6.58. The molecule has 20 heavy (non-hydrogen) atoms. The molecule has 4 heteroatoms. The van der Waals surface area contributed by atoms with E-state index in [9.17, 15) is 0 Å². The van der Waals surface area contributed by atoms with Gasteiger partial charge in [-0.15, -0.1) is 5.10 Å². The fourth-order valence-electron chi connectivity index (χ4n) is 3.83. The molecule has 2 saturated heterocycles. The molecule has 1 spiro atoms. The van der Waals surface area contributed by atoms with E-state index in [4.69, 9.17) is 0 Å². The largest absolute Gasteiger partial charge is 0.355 e. The van der Waals surface area contributed by atoms with Gasteiger partial charge in [0.05, 0.1) is 5.69 Å². The standard InChI is InChI=1S/C16H26N4/c1-3-9-19-11-8-16(12-19)7-4-10-20(13-16)15-6-5-14(2)17-18-15/h5-6H,3-4,7-13H2,1-2H3/t16-/m1/s1. The molecule has 2 aliphatic rings. The molecule has 2 fully saturated rings. The highest BCUT2D eigenvalue weighted by Gasteiger charge is 2.41. The summed E-state index contributed by atoms with van der Waals surface area (Å²) in [4.78, 5) is 5.09. The van der Waals surface area contributed by atoms with Gasteiger partial charge in [0.25, 0.3) is 0 Å². The van der Waals surface area contributed by atoms with Crippen molar-refractivity contribution in [1.29, 1.82) is 0 Å². The highest BCUT2D eigenvalue weighted by Crippen LogP contribution is 2.39. The van der Waals surface area contributed by atoms with Crippen LogP contribution in [0.15, 0.2) is 12.1 Å². The Hall–Kier alpha value is -1.16. The van der Waals surface area contributed by atoms with Crippen molar-refractivity contribution in [2.45, 2.75) is 39.5 Å². The first-order chi connectivity index (χ1) is 9.71. The third-order valence-corrected chi connectivity index (χ3v) is 4.83. The minimum absolute atomic E-state index is 0.500. The Morgan fingerprint density at radius 3 is 2.80 bits per heavy atom. The van der Waals surface area contributed by atoms with Crippen molar-refractivity contribution in [3.8, 4) is 0 Å². The van der Waals surface area contributed by atoms with Crippen molar-refractivity contribution < 1.29 is 0 Å². The summed E-state index contributed by atoms with van der Waals surface area (Å²) in [6.07, 6.45) is 5.28. The molecule has 0 radical (unpaired) electrons. The quantitative estimate of drug-likeness (QED) is 0.847. The van der Waals surface area contributed by atoms with Crippen molar-refractivity contribution >= 4 is 5.82 Å². The van der Waals surface area contributed by atoms with Crippen LogP contribution in [0.3, 0.4) is 0 Å². The Balaban J connectivity index is 1.69. The number of anilines is 1. The van der Waals surface area contributed by atoms with E-state index in [1.54, 1.807) is 0 Å². The summed E-state index contributed by atoms with van der Waals surface area (Å²) in [5, 5.41) is 8.59. The van der Waals surface area contributed by atoms with E-state index in [2.05, 4.69) is 39.1 Å². The van der Waals surface area contributed by atoms with E-state index in [1.807, 2.05) is 6.92 Å². The van der Waals surface area contributed by atoms with Crippen molar-refractivity contribution in [3.05, 3.63) is 17.8 Å². The normalized spacial score (nSPS) is 27.4. The van der Waals surface area contributed by atoms with Crippen LogP contribution >= 0.6 is 0 Å². The Morgan fingerprint density at radius 1 is 1.15 bits per heavy atom. The number of hydrogen-bond acceptors (Lipinski definition) is 4. The van der Waals surface area contributed by atoms with E-state index >= 15 is 0 Å². The van der Waals surface area contributed by atoms with E-state index in [-0.39, 0.29) is 0 Å². The predicted molar refractivity (Wildman–Crippen MR) is 82.0 cm³/mol. The molecule has 0 bridgehead atoms. The molecule has 1 aromatic heterocycles. The predicted octanol–water partition coefficient (Wildman–Crippen LogP) is 2.49. The van der Waals surface area contributed by atoms with Crippen LogP contribution in [0.2, 0.25) is 0 Å². The van der Waals surface area contributed by atoms with Gasteiger partial charge in [-0.05, 0) is 57.8 Å². The van der Waals surface area contributed by atoms with Crippen LogP contribution in [0, 0.1) is 12.3 Å². The van der Waals surface area contributed by atoms with Crippen molar-refractivity contribution in [2.24, 2.45) is 5.41 Å². The average Bonchev–Trinajstić information content (AvgIpc) is 2.83. The van der Waals surface area contributed by atoms with Crippen LogP contribution in [-0.2, 0) is 0 Å². The first kappa shape index (κ1) is 13.8. The van der Waals surface area contributed by atoms with Gasteiger partial charge < -0.3 is 9.80 Å². The third kappa shape index (κ3) is 2.80. The molecule has 2 aliphatic heterocycles. The Kier molecular flexibility index (Phi) is 3.92. The van der Waals surface area contributed by atoms with Gasteiger partial charge in [0.15, 0.2) is 5.82 Å². The van der Waals surface area contributed by atoms with Crippen molar-refractivity contribution in [3.63, 3.8) is 0 Å². The molecule has 3 heterocycles.